The highest BCUT2D eigenvalue weighted by Gasteiger charge is 2.33. The van der Waals surface area contributed by atoms with Crippen LogP contribution in [0.2, 0.25) is 0 Å². The van der Waals surface area contributed by atoms with Gasteiger partial charge in [-0.25, -0.2) is 4.39 Å². The highest BCUT2D eigenvalue weighted by molar-refractivity contribution is 5.87. The lowest BCUT2D eigenvalue weighted by molar-refractivity contribution is -0.148. The van der Waals surface area contributed by atoms with Crippen LogP contribution < -0.4 is 5.32 Å². The molecule has 1 aromatic carbocycles. The zero-order valence-corrected chi connectivity index (χ0v) is 12.9. The number of piperazine rings is 1. The van der Waals surface area contributed by atoms with Gasteiger partial charge in [0.1, 0.15) is 5.82 Å². The lowest BCUT2D eigenvalue weighted by Gasteiger charge is -2.38. The van der Waals surface area contributed by atoms with Crippen LogP contribution >= 0.6 is 12.4 Å². The van der Waals surface area contributed by atoms with Gasteiger partial charge in [0.05, 0.1) is 12.5 Å². The van der Waals surface area contributed by atoms with Crippen molar-refractivity contribution in [1.82, 2.24) is 15.1 Å². The number of hydrogen-bond acceptors (Lipinski definition) is 3. The van der Waals surface area contributed by atoms with Crippen LogP contribution in [0.1, 0.15) is 5.56 Å². The van der Waals surface area contributed by atoms with Crippen molar-refractivity contribution in [3.8, 4) is 0 Å². The van der Waals surface area contributed by atoms with E-state index in [9.17, 15) is 14.0 Å². The first-order valence-corrected chi connectivity index (χ1v) is 7.15. The summed E-state index contributed by atoms with van der Waals surface area (Å²) in [5, 5.41) is 3.06. The number of halogens is 2. The summed E-state index contributed by atoms with van der Waals surface area (Å²) in [6.45, 7) is 2.99. The van der Waals surface area contributed by atoms with Crippen molar-refractivity contribution in [2.24, 2.45) is 5.92 Å². The van der Waals surface area contributed by atoms with Gasteiger partial charge in [-0.2, -0.15) is 0 Å². The minimum absolute atomic E-state index is 0. The molecule has 0 aliphatic carbocycles. The molecule has 0 radical (unpaired) electrons. The van der Waals surface area contributed by atoms with Crippen LogP contribution in [0.15, 0.2) is 24.3 Å². The van der Waals surface area contributed by atoms with Crippen molar-refractivity contribution in [3.05, 3.63) is 35.6 Å². The molecule has 2 fully saturated rings. The predicted molar refractivity (Wildman–Crippen MR) is 82.0 cm³/mol. The first-order chi connectivity index (χ1) is 10.1. The van der Waals surface area contributed by atoms with Crippen LogP contribution in [0.5, 0.6) is 0 Å². The van der Waals surface area contributed by atoms with Gasteiger partial charge in [0.15, 0.2) is 0 Å². The summed E-state index contributed by atoms with van der Waals surface area (Å²) >= 11 is 0. The Balaban J connectivity index is 0.00000176. The Hall–Kier alpha value is -1.66. The quantitative estimate of drug-likeness (QED) is 0.886. The van der Waals surface area contributed by atoms with Crippen molar-refractivity contribution < 1.29 is 14.0 Å². The number of carbonyl (C=O) groups is 2. The normalized spacial score (nSPS) is 18.7. The van der Waals surface area contributed by atoms with Gasteiger partial charge in [-0.05, 0) is 17.7 Å². The molecule has 3 rings (SSSR count). The van der Waals surface area contributed by atoms with Gasteiger partial charge in [0.2, 0.25) is 11.8 Å². The van der Waals surface area contributed by atoms with E-state index in [1.165, 1.54) is 12.1 Å². The lowest BCUT2D eigenvalue weighted by Crippen LogP contribution is -2.57. The van der Waals surface area contributed by atoms with Crippen LogP contribution in [0.25, 0.3) is 0 Å². The van der Waals surface area contributed by atoms with Crippen LogP contribution in [0.4, 0.5) is 4.39 Å². The second kappa shape index (κ2) is 7.07. The number of carbonyl (C=O) groups excluding carboxylic acids is 2. The molecule has 1 N–H and O–H groups in total. The summed E-state index contributed by atoms with van der Waals surface area (Å²) in [6, 6.07) is 6.26. The fourth-order valence-corrected chi connectivity index (χ4v) is 2.64. The molecule has 0 spiro atoms. The van der Waals surface area contributed by atoms with Gasteiger partial charge in [-0.1, -0.05) is 12.1 Å². The largest absolute Gasteiger partial charge is 0.335 e. The summed E-state index contributed by atoms with van der Waals surface area (Å²) in [6.07, 6.45) is 0. The molecule has 0 saturated carbocycles. The second-order valence-electron chi connectivity index (χ2n) is 5.56. The van der Waals surface area contributed by atoms with Crippen molar-refractivity contribution in [3.63, 3.8) is 0 Å². The maximum absolute atomic E-state index is 13.2. The lowest BCUT2D eigenvalue weighted by atomic mass is 10.0. The van der Waals surface area contributed by atoms with Crippen molar-refractivity contribution >= 4 is 24.2 Å². The van der Waals surface area contributed by atoms with E-state index in [4.69, 9.17) is 0 Å². The van der Waals surface area contributed by atoms with Crippen LogP contribution in [-0.4, -0.2) is 54.3 Å². The molecule has 22 heavy (non-hydrogen) atoms. The highest BCUT2D eigenvalue weighted by atomic mass is 35.5. The summed E-state index contributed by atoms with van der Waals surface area (Å²) in [4.78, 5) is 27.6. The molecule has 1 aromatic rings. The third-order valence-corrected chi connectivity index (χ3v) is 4.02. The van der Waals surface area contributed by atoms with Crippen LogP contribution in [-0.2, 0) is 16.1 Å². The maximum atomic E-state index is 13.2. The molecule has 5 nitrogen and oxygen atoms in total. The molecule has 0 bridgehead atoms. The van der Waals surface area contributed by atoms with E-state index in [0.29, 0.717) is 32.7 Å². The topological polar surface area (TPSA) is 52.7 Å². The van der Waals surface area contributed by atoms with Crippen LogP contribution in [0.3, 0.4) is 0 Å². The molecule has 2 aliphatic rings. The minimum Gasteiger partial charge on any atom is -0.335 e. The Morgan fingerprint density at radius 1 is 1.32 bits per heavy atom. The molecule has 0 unspecified atom stereocenters. The third-order valence-electron chi connectivity index (χ3n) is 4.02. The molecule has 2 saturated heterocycles. The molecule has 120 valence electrons. The van der Waals surface area contributed by atoms with E-state index in [1.807, 2.05) is 0 Å². The number of amides is 2. The Morgan fingerprint density at radius 2 is 2.09 bits per heavy atom. The number of benzene rings is 1. The second-order valence-corrected chi connectivity index (χ2v) is 5.56. The number of nitrogens with zero attached hydrogens (tertiary/aromatic N) is 2. The molecule has 0 aromatic heterocycles. The Morgan fingerprint density at radius 3 is 2.68 bits per heavy atom. The third kappa shape index (κ3) is 3.56. The van der Waals surface area contributed by atoms with E-state index in [0.717, 1.165) is 5.56 Å². The molecule has 0 atom stereocenters. The Bertz CT molecular complexity index is 565. The summed E-state index contributed by atoms with van der Waals surface area (Å²) in [5.41, 5.74) is 0.770. The molecule has 2 amide bonds. The molecule has 2 aliphatic heterocycles. The van der Waals surface area contributed by atoms with Crippen molar-refractivity contribution in [2.75, 3.05) is 32.7 Å². The molecule has 7 heteroatoms. The number of nitrogens with one attached hydrogen (secondary N) is 1. The van der Waals surface area contributed by atoms with Gasteiger partial charge in [0, 0.05) is 32.7 Å². The summed E-state index contributed by atoms with van der Waals surface area (Å²) in [7, 11) is 0. The standard InChI is InChI=1S/C15H18FN3O2.ClH/c16-13-3-1-2-11(6-13)9-18-4-5-19(10-14(18)20)15(21)12-7-17-8-12;/h1-3,6,12,17H,4-5,7-10H2;1H. The van der Waals surface area contributed by atoms with E-state index < -0.39 is 0 Å². The average molecular weight is 328 g/mol. The molecular formula is C15H19ClFN3O2. The van der Waals surface area contributed by atoms with E-state index in [-0.39, 0.29) is 42.5 Å². The Labute approximate surface area is 134 Å². The predicted octanol–water partition coefficient (Wildman–Crippen LogP) is 0.638. The van der Waals surface area contributed by atoms with Gasteiger partial charge in [-0.15, -0.1) is 12.4 Å². The fraction of sp³-hybridized carbons (Fsp3) is 0.467. The van der Waals surface area contributed by atoms with Crippen molar-refractivity contribution in [2.45, 2.75) is 6.54 Å². The summed E-state index contributed by atoms with van der Waals surface area (Å²) in [5.74, 6) is -0.294. The van der Waals surface area contributed by atoms with Gasteiger partial charge in [0.25, 0.3) is 0 Å². The zero-order valence-electron chi connectivity index (χ0n) is 12.1. The number of rotatable bonds is 3. The first-order valence-electron chi connectivity index (χ1n) is 7.15. The highest BCUT2D eigenvalue weighted by Crippen LogP contribution is 2.14. The molecular weight excluding hydrogens is 309 g/mol. The first kappa shape index (κ1) is 16.7. The van der Waals surface area contributed by atoms with E-state index in [1.54, 1.807) is 21.9 Å². The van der Waals surface area contributed by atoms with Gasteiger partial charge < -0.3 is 15.1 Å². The maximum Gasteiger partial charge on any atom is 0.242 e. The minimum atomic E-state index is -0.300. The Kier molecular flexibility index (Phi) is 5.37. The van der Waals surface area contributed by atoms with Gasteiger partial charge in [-0.3, -0.25) is 9.59 Å². The monoisotopic (exact) mass is 327 g/mol. The van der Waals surface area contributed by atoms with Crippen molar-refractivity contribution in [1.29, 1.82) is 0 Å². The summed E-state index contributed by atoms with van der Waals surface area (Å²) < 4.78 is 13.2. The SMILES string of the molecule is Cl.O=C1CN(C(=O)C2CNC2)CCN1Cc1cccc(F)c1. The van der Waals surface area contributed by atoms with E-state index >= 15 is 0 Å². The molecule has 2 heterocycles. The van der Waals surface area contributed by atoms with Gasteiger partial charge >= 0.3 is 0 Å². The smallest absolute Gasteiger partial charge is 0.242 e. The zero-order chi connectivity index (χ0) is 14.8. The number of hydrogen-bond donors (Lipinski definition) is 1. The van der Waals surface area contributed by atoms with Crippen LogP contribution in [0, 0.1) is 11.7 Å². The van der Waals surface area contributed by atoms with E-state index in [2.05, 4.69) is 5.32 Å². The fourth-order valence-electron chi connectivity index (χ4n) is 2.64. The average Bonchev–Trinajstić information content (AvgIpc) is 2.39.